The summed E-state index contributed by atoms with van der Waals surface area (Å²) in [4.78, 5) is 40.2. The first kappa shape index (κ1) is 23.9. The Balaban J connectivity index is 1.27. The van der Waals surface area contributed by atoms with Crippen molar-refractivity contribution in [3.05, 3.63) is 71.4 Å². The number of carbonyl (C=O) groups is 3. The van der Waals surface area contributed by atoms with Crippen molar-refractivity contribution in [1.82, 2.24) is 15.1 Å². The Hall–Kier alpha value is -3.79. The van der Waals surface area contributed by atoms with Gasteiger partial charge in [0.15, 0.2) is 0 Å². The Labute approximate surface area is 213 Å². The van der Waals surface area contributed by atoms with Crippen molar-refractivity contribution in [3.63, 3.8) is 0 Å². The Morgan fingerprint density at radius 3 is 2.78 bits per heavy atom. The predicted octanol–water partition coefficient (Wildman–Crippen LogP) is 2.95. The third-order valence-corrected chi connectivity index (χ3v) is 7.32. The first-order valence-electron chi connectivity index (χ1n) is 11.7. The van der Waals surface area contributed by atoms with Crippen LogP contribution in [0.4, 0.5) is 11.5 Å². The van der Waals surface area contributed by atoms with Crippen molar-refractivity contribution in [1.29, 1.82) is 0 Å². The zero-order valence-electron chi connectivity index (χ0n) is 19.9. The number of ether oxygens (including phenoxy) is 1. The van der Waals surface area contributed by atoms with Gasteiger partial charge in [0.2, 0.25) is 17.7 Å². The summed E-state index contributed by atoms with van der Waals surface area (Å²) in [6.07, 6.45) is 0.117. The number of aromatic nitrogens is 2. The first-order valence-corrected chi connectivity index (χ1v) is 12.9. The number of hydrogen-bond donors (Lipinski definition) is 2. The molecule has 5 rings (SSSR count). The average molecular weight is 506 g/mol. The average Bonchev–Trinajstić information content (AvgIpc) is 3.59. The second-order valence-corrected chi connectivity index (χ2v) is 9.77. The topological polar surface area (TPSA) is 106 Å². The number of anilines is 2. The van der Waals surface area contributed by atoms with Gasteiger partial charge in [-0.05, 0) is 17.7 Å². The summed E-state index contributed by atoms with van der Waals surface area (Å²) in [5.74, 6) is 1.58. The number of nitrogens with zero attached hydrogens (tertiary/aromatic N) is 3. The van der Waals surface area contributed by atoms with E-state index >= 15 is 0 Å². The second kappa shape index (κ2) is 10.4. The van der Waals surface area contributed by atoms with Crippen LogP contribution in [-0.2, 0) is 39.0 Å². The number of thioether (sulfide) groups is 1. The summed E-state index contributed by atoms with van der Waals surface area (Å²) in [7, 11) is 1.57. The molecule has 0 aliphatic carbocycles. The number of carbonyl (C=O) groups excluding carboxylic acids is 3. The quantitative estimate of drug-likeness (QED) is 0.488. The maximum atomic E-state index is 13.2. The highest BCUT2D eigenvalue weighted by molar-refractivity contribution is 7.98. The van der Waals surface area contributed by atoms with Crippen molar-refractivity contribution in [2.45, 2.75) is 31.0 Å². The van der Waals surface area contributed by atoms with Crippen molar-refractivity contribution in [3.8, 4) is 5.75 Å². The second-order valence-electron chi connectivity index (χ2n) is 8.78. The molecule has 2 N–H and O–H groups in total. The lowest BCUT2D eigenvalue weighted by molar-refractivity contribution is -0.122. The minimum Gasteiger partial charge on any atom is -0.497 e. The highest BCUT2D eigenvalue weighted by Crippen LogP contribution is 2.35. The van der Waals surface area contributed by atoms with Crippen LogP contribution in [0.2, 0.25) is 0 Å². The van der Waals surface area contributed by atoms with E-state index in [0.717, 1.165) is 28.3 Å². The predicted molar refractivity (Wildman–Crippen MR) is 138 cm³/mol. The van der Waals surface area contributed by atoms with Crippen LogP contribution >= 0.6 is 11.8 Å². The third-order valence-electron chi connectivity index (χ3n) is 6.35. The van der Waals surface area contributed by atoms with Gasteiger partial charge in [-0.3, -0.25) is 14.4 Å². The van der Waals surface area contributed by atoms with Crippen molar-refractivity contribution in [2.75, 3.05) is 23.9 Å². The fourth-order valence-electron chi connectivity index (χ4n) is 4.44. The minimum atomic E-state index is -0.510. The molecule has 0 radical (unpaired) electrons. The molecule has 9 nitrogen and oxygen atoms in total. The molecule has 1 saturated heterocycles. The Morgan fingerprint density at radius 1 is 1.14 bits per heavy atom. The SMILES string of the molecule is COc1cccc(N2CC(C(=O)Nc3c4c(nn3CC(=O)NCc3ccccc3)CSC4)CC2=O)c1. The molecule has 2 aliphatic heterocycles. The van der Waals surface area contributed by atoms with E-state index in [1.165, 1.54) is 0 Å². The zero-order chi connectivity index (χ0) is 25.1. The van der Waals surface area contributed by atoms with Crippen molar-refractivity contribution >= 4 is 41.0 Å². The van der Waals surface area contributed by atoms with Crippen LogP contribution in [0.25, 0.3) is 0 Å². The number of rotatable bonds is 8. The van der Waals surface area contributed by atoms with Crippen molar-refractivity contribution < 1.29 is 19.1 Å². The highest BCUT2D eigenvalue weighted by Gasteiger charge is 2.36. The Kier molecular flexibility index (Phi) is 6.95. The molecule has 0 bridgehead atoms. The van der Waals surface area contributed by atoms with Gasteiger partial charge >= 0.3 is 0 Å². The zero-order valence-corrected chi connectivity index (χ0v) is 20.7. The molecule has 10 heteroatoms. The summed E-state index contributed by atoms with van der Waals surface area (Å²) < 4.78 is 6.83. The van der Waals surface area contributed by atoms with Crippen LogP contribution in [0.5, 0.6) is 5.75 Å². The molecule has 0 spiro atoms. The van der Waals surface area contributed by atoms with Gasteiger partial charge in [0.1, 0.15) is 18.1 Å². The first-order chi connectivity index (χ1) is 17.5. The van der Waals surface area contributed by atoms with Crippen molar-refractivity contribution in [2.24, 2.45) is 5.92 Å². The maximum Gasteiger partial charge on any atom is 0.242 e. The number of nitrogens with one attached hydrogen (secondary N) is 2. The normalized spacial score (nSPS) is 16.6. The summed E-state index contributed by atoms with van der Waals surface area (Å²) in [6, 6.07) is 16.9. The molecule has 3 heterocycles. The van der Waals surface area contributed by atoms with Gasteiger partial charge in [-0.15, -0.1) is 0 Å². The smallest absolute Gasteiger partial charge is 0.242 e. The van der Waals surface area contributed by atoms with Gasteiger partial charge in [0.05, 0.1) is 18.7 Å². The summed E-state index contributed by atoms with van der Waals surface area (Å²) in [5.41, 5.74) is 3.53. The van der Waals surface area contributed by atoms with Gasteiger partial charge in [0.25, 0.3) is 0 Å². The van der Waals surface area contributed by atoms with Gasteiger partial charge in [-0.1, -0.05) is 36.4 Å². The Bertz CT molecular complexity index is 1290. The molecular weight excluding hydrogens is 478 g/mol. The lowest BCUT2D eigenvalue weighted by Crippen LogP contribution is -2.31. The van der Waals surface area contributed by atoms with E-state index in [1.807, 2.05) is 48.5 Å². The summed E-state index contributed by atoms with van der Waals surface area (Å²) in [5, 5.41) is 10.5. The van der Waals surface area contributed by atoms with Gasteiger partial charge in [-0.25, -0.2) is 4.68 Å². The van der Waals surface area contributed by atoms with Gasteiger partial charge in [-0.2, -0.15) is 16.9 Å². The lowest BCUT2D eigenvalue weighted by Gasteiger charge is -2.18. The fraction of sp³-hybridized carbons (Fsp3) is 0.308. The Morgan fingerprint density at radius 2 is 1.97 bits per heavy atom. The molecule has 1 fully saturated rings. The molecule has 186 valence electrons. The van der Waals surface area contributed by atoms with Gasteiger partial charge in [0, 0.05) is 48.3 Å². The minimum absolute atomic E-state index is 0.000351. The molecule has 3 aromatic rings. The standard InChI is InChI=1S/C26H27N5O4S/c1-35-20-9-5-8-19(11-20)30-13-18(10-24(30)33)26(34)28-25-21-15-36-16-22(21)29-31(25)14-23(32)27-12-17-6-3-2-4-7-17/h2-9,11,18H,10,12-16H2,1H3,(H,27,32)(H,28,34). The van der Waals surface area contributed by atoms with Crippen LogP contribution in [0.3, 0.4) is 0 Å². The van der Waals surface area contributed by atoms with Crippen LogP contribution in [-0.4, -0.2) is 41.2 Å². The molecule has 2 aromatic carbocycles. The van der Waals surface area contributed by atoms with Crippen LogP contribution in [0, 0.1) is 5.92 Å². The number of amides is 3. The maximum absolute atomic E-state index is 13.2. The van der Waals surface area contributed by atoms with E-state index in [4.69, 9.17) is 4.74 Å². The van der Waals surface area contributed by atoms with E-state index in [0.29, 0.717) is 23.8 Å². The van der Waals surface area contributed by atoms with E-state index in [1.54, 1.807) is 34.5 Å². The van der Waals surface area contributed by atoms with E-state index < -0.39 is 5.92 Å². The number of hydrogen-bond acceptors (Lipinski definition) is 6. The van der Waals surface area contributed by atoms with Gasteiger partial charge < -0.3 is 20.3 Å². The lowest BCUT2D eigenvalue weighted by atomic mass is 10.1. The van der Waals surface area contributed by atoms with Crippen LogP contribution in [0.15, 0.2) is 54.6 Å². The summed E-state index contributed by atoms with van der Waals surface area (Å²) >= 11 is 1.72. The monoisotopic (exact) mass is 505 g/mol. The molecule has 1 atom stereocenters. The number of benzene rings is 2. The highest BCUT2D eigenvalue weighted by atomic mass is 32.2. The molecular formula is C26H27N5O4S. The van der Waals surface area contributed by atoms with E-state index in [-0.39, 0.29) is 37.2 Å². The third kappa shape index (κ3) is 5.08. The largest absolute Gasteiger partial charge is 0.497 e. The molecule has 3 amide bonds. The molecule has 2 aliphatic rings. The molecule has 36 heavy (non-hydrogen) atoms. The van der Waals surface area contributed by atoms with Crippen LogP contribution < -0.4 is 20.3 Å². The molecule has 1 unspecified atom stereocenters. The van der Waals surface area contributed by atoms with Crippen LogP contribution in [0.1, 0.15) is 23.2 Å². The fourth-order valence-corrected chi connectivity index (χ4v) is 5.47. The number of methoxy groups -OCH3 is 1. The van der Waals surface area contributed by atoms with E-state index in [9.17, 15) is 14.4 Å². The molecule has 0 saturated carbocycles. The summed E-state index contributed by atoms with van der Waals surface area (Å²) in [6.45, 7) is 0.697. The number of fused-ring (bicyclic) bond motifs is 1. The molecule has 1 aromatic heterocycles. The van der Waals surface area contributed by atoms with E-state index in [2.05, 4.69) is 15.7 Å².